The number of rotatable bonds is 14. The zero-order valence-electron chi connectivity index (χ0n) is 39.4. The van der Waals surface area contributed by atoms with Crippen molar-refractivity contribution in [3.05, 3.63) is 82.5 Å². The van der Waals surface area contributed by atoms with E-state index in [0.29, 0.717) is 56.9 Å². The molecule has 3 fully saturated rings. The molecule has 2 aromatic heterocycles. The standard InChI is InChI=1S/C48H59F3N10O8S/c1-27-42(70-26-54-27)31-9-7-28(8-10-31)23-53-44(66)33-6-5-19-60(33)45(67)43(47(2,3)4)55-38(62)22-34-40(64)41(65)35(69-34)24-52-39(63)25-68-32-13-11-29(12-14-32)30-17-20-59(21-18-30)37-16-15-36-56-57-46(48(49,50)51)61(36)58-37/h7-14,26,30,33-35,40-41,43,64-65H,5-6,15-25H2,1-4H3,(H,52,63)(H,53,66)(H,55,62)/t33-,34?,35+,40-,41+,43?/m0/s1. The number of ether oxygens (including phenoxy) is 2. The number of hydrogen-bond acceptors (Lipinski definition) is 14. The van der Waals surface area contributed by atoms with E-state index in [2.05, 4.69) is 36.2 Å². The summed E-state index contributed by atoms with van der Waals surface area (Å²) < 4.78 is 52.5. The first-order valence-corrected chi connectivity index (χ1v) is 24.4. The molecule has 0 saturated carbocycles. The number of aryl methyl sites for hydroxylation is 2. The minimum atomic E-state index is -4.65. The summed E-state index contributed by atoms with van der Waals surface area (Å²) in [5.41, 5.74) is 5.02. The second kappa shape index (κ2) is 21.2. The van der Waals surface area contributed by atoms with Crippen LogP contribution in [-0.2, 0) is 43.1 Å². The van der Waals surface area contributed by atoms with E-state index in [1.807, 2.05) is 69.0 Å². The number of halogens is 3. The van der Waals surface area contributed by atoms with E-state index in [0.717, 1.165) is 44.8 Å². The SMILES string of the molecule is Cc1ncsc1-c1ccc(CNC(=O)[C@@H]2CCCN2C(=O)C(NC(=O)CC2O[C@H](CNC(=O)COc3ccc(C4CCN(C5=Nn6c(nnc6C(F)(F)F)CC5)CC4)cc3)[C@@H](O)[C@H]2O)C(C)(C)C)cc1. The summed E-state index contributed by atoms with van der Waals surface area (Å²) in [6, 6.07) is 13.5. The maximum absolute atomic E-state index is 14.1. The number of aliphatic hydroxyl groups is 2. The normalized spacial score (nSPS) is 22.3. The summed E-state index contributed by atoms with van der Waals surface area (Å²) in [6.07, 6.45) is -6.62. The Morgan fingerprint density at radius 3 is 2.29 bits per heavy atom. The number of nitrogens with zero attached hydrogens (tertiary/aromatic N) is 7. The van der Waals surface area contributed by atoms with Crippen LogP contribution in [-0.4, -0.2) is 139 Å². The van der Waals surface area contributed by atoms with Gasteiger partial charge in [-0.2, -0.15) is 22.9 Å². The van der Waals surface area contributed by atoms with Crippen molar-refractivity contribution >= 4 is 40.8 Å². The number of aromatic nitrogens is 4. The minimum absolute atomic E-state index is 0.175. The molecule has 4 amide bonds. The monoisotopic (exact) mass is 992 g/mol. The Hall–Kier alpha value is -5.97. The maximum atomic E-state index is 14.1. The molecule has 376 valence electrons. The summed E-state index contributed by atoms with van der Waals surface area (Å²) in [5.74, 6) is -1.47. The van der Waals surface area contributed by atoms with Crippen molar-refractivity contribution in [2.75, 3.05) is 32.8 Å². The van der Waals surface area contributed by atoms with Gasteiger partial charge in [0.1, 0.15) is 42.0 Å². The number of nitrogens with one attached hydrogen (secondary N) is 3. The number of amidine groups is 1. The topological polar surface area (TPSA) is 226 Å². The number of alkyl halides is 3. The first kappa shape index (κ1) is 50.4. The van der Waals surface area contributed by atoms with Gasteiger partial charge in [-0.1, -0.05) is 57.2 Å². The third kappa shape index (κ3) is 11.6. The van der Waals surface area contributed by atoms with Gasteiger partial charge in [0.2, 0.25) is 17.7 Å². The van der Waals surface area contributed by atoms with Gasteiger partial charge in [0, 0.05) is 45.6 Å². The Kier molecular flexibility index (Phi) is 15.2. The first-order valence-electron chi connectivity index (χ1n) is 23.6. The highest BCUT2D eigenvalue weighted by molar-refractivity contribution is 7.13. The van der Waals surface area contributed by atoms with Crippen molar-refractivity contribution < 1.29 is 52.0 Å². The maximum Gasteiger partial charge on any atom is 0.453 e. The molecule has 0 bridgehead atoms. The molecule has 3 saturated heterocycles. The highest BCUT2D eigenvalue weighted by atomic mass is 32.1. The Morgan fingerprint density at radius 1 is 0.900 bits per heavy atom. The van der Waals surface area contributed by atoms with Crippen molar-refractivity contribution in [1.82, 2.24) is 45.6 Å². The lowest BCUT2D eigenvalue weighted by atomic mass is 9.85. The van der Waals surface area contributed by atoms with Crippen molar-refractivity contribution in [1.29, 1.82) is 0 Å². The minimum Gasteiger partial charge on any atom is -0.484 e. The van der Waals surface area contributed by atoms with Crippen molar-refractivity contribution in [2.45, 2.75) is 128 Å². The number of hydrogen-bond donors (Lipinski definition) is 5. The van der Waals surface area contributed by atoms with E-state index in [4.69, 9.17) is 9.47 Å². The number of fused-ring (bicyclic) bond motifs is 1. The summed E-state index contributed by atoms with van der Waals surface area (Å²) >= 11 is 1.57. The van der Waals surface area contributed by atoms with Crippen LogP contribution in [0, 0.1) is 12.3 Å². The van der Waals surface area contributed by atoms with E-state index in [-0.39, 0.29) is 43.8 Å². The number of amides is 4. The van der Waals surface area contributed by atoms with Gasteiger partial charge in [-0.05, 0) is 72.8 Å². The molecule has 0 aliphatic carbocycles. The lowest BCUT2D eigenvalue weighted by Crippen LogP contribution is -2.58. The number of aliphatic hydroxyl groups excluding tert-OH is 2. The summed E-state index contributed by atoms with van der Waals surface area (Å²) in [4.78, 5) is 62.8. The van der Waals surface area contributed by atoms with Gasteiger partial charge in [0.15, 0.2) is 12.4 Å². The summed E-state index contributed by atoms with van der Waals surface area (Å²) in [5, 5.41) is 41.3. The van der Waals surface area contributed by atoms with Crippen LogP contribution in [0.5, 0.6) is 5.75 Å². The molecule has 4 aromatic rings. The zero-order valence-corrected chi connectivity index (χ0v) is 40.3. The highest BCUT2D eigenvalue weighted by Crippen LogP contribution is 2.34. The van der Waals surface area contributed by atoms with Gasteiger partial charge in [-0.15, -0.1) is 21.5 Å². The molecule has 4 aliphatic heterocycles. The number of carbonyl (C=O) groups is 4. The molecule has 18 nitrogen and oxygen atoms in total. The third-order valence-corrected chi connectivity index (χ3v) is 14.3. The molecule has 6 heterocycles. The van der Waals surface area contributed by atoms with Crippen LogP contribution in [0.2, 0.25) is 0 Å². The van der Waals surface area contributed by atoms with Gasteiger partial charge in [-0.25, -0.2) is 4.98 Å². The largest absolute Gasteiger partial charge is 0.484 e. The van der Waals surface area contributed by atoms with Crippen LogP contribution >= 0.6 is 11.3 Å². The van der Waals surface area contributed by atoms with Gasteiger partial charge < -0.3 is 45.4 Å². The lowest BCUT2D eigenvalue weighted by molar-refractivity contribution is -0.147. The Bertz CT molecular complexity index is 2540. The highest BCUT2D eigenvalue weighted by Gasteiger charge is 2.46. The fourth-order valence-corrected chi connectivity index (χ4v) is 10.2. The van der Waals surface area contributed by atoms with Crippen LogP contribution in [0.3, 0.4) is 0 Å². The Labute approximate surface area is 407 Å². The molecule has 2 unspecified atom stereocenters. The molecule has 70 heavy (non-hydrogen) atoms. The van der Waals surface area contributed by atoms with Crippen LogP contribution in [0.4, 0.5) is 13.2 Å². The number of piperidine rings is 1. The molecule has 2 aromatic carbocycles. The molecular formula is C48H59F3N10O8S. The average Bonchev–Trinajstić information content (AvgIpc) is 4.16. The van der Waals surface area contributed by atoms with E-state index >= 15 is 0 Å². The van der Waals surface area contributed by atoms with Crippen LogP contribution in [0.15, 0.2) is 59.1 Å². The molecule has 4 aliphatic rings. The molecule has 22 heteroatoms. The average molecular weight is 993 g/mol. The molecule has 0 spiro atoms. The van der Waals surface area contributed by atoms with Crippen LogP contribution in [0.25, 0.3) is 10.4 Å². The van der Waals surface area contributed by atoms with Gasteiger partial charge in [0.05, 0.1) is 28.6 Å². The van der Waals surface area contributed by atoms with Gasteiger partial charge in [0.25, 0.3) is 11.7 Å². The smallest absolute Gasteiger partial charge is 0.453 e. The predicted molar refractivity (Wildman–Crippen MR) is 250 cm³/mol. The van der Waals surface area contributed by atoms with Gasteiger partial charge in [-0.3, -0.25) is 19.2 Å². The van der Waals surface area contributed by atoms with Crippen LogP contribution in [0.1, 0.15) is 93.7 Å². The number of likely N-dealkylation sites (tertiary alicyclic amines) is 2. The van der Waals surface area contributed by atoms with Crippen molar-refractivity contribution in [3.8, 4) is 16.2 Å². The molecule has 6 atom stereocenters. The molecule has 8 rings (SSSR count). The molecular weight excluding hydrogens is 934 g/mol. The second-order valence-electron chi connectivity index (χ2n) is 19.3. The Morgan fingerprint density at radius 2 is 1.61 bits per heavy atom. The number of thiazole rings is 1. The first-order chi connectivity index (χ1) is 33.3. The number of benzene rings is 2. The van der Waals surface area contributed by atoms with E-state index in [1.54, 1.807) is 29.0 Å². The van der Waals surface area contributed by atoms with Crippen LogP contribution < -0.4 is 20.7 Å². The fraction of sp³-hybridized carbons (Fsp3) is 0.542. The molecule has 0 radical (unpaired) electrons. The van der Waals surface area contributed by atoms with E-state index < -0.39 is 71.6 Å². The summed E-state index contributed by atoms with van der Waals surface area (Å²) in [7, 11) is 0. The van der Waals surface area contributed by atoms with Crippen molar-refractivity contribution in [3.63, 3.8) is 0 Å². The van der Waals surface area contributed by atoms with E-state index in [1.165, 1.54) is 4.90 Å². The Balaban J connectivity index is 0.759. The van der Waals surface area contributed by atoms with Crippen molar-refractivity contribution in [2.24, 2.45) is 10.5 Å². The summed E-state index contributed by atoms with van der Waals surface area (Å²) in [6.45, 7) is 8.74. The quantitative estimate of drug-likeness (QED) is 0.121. The molecule has 5 N–H and O–H groups in total. The lowest BCUT2D eigenvalue weighted by Gasteiger charge is -2.35. The fourth-order valence-electron chi connectivity index (χ4n) is 9.42. The zero-order chi connectivity index (χ0) is 49.9. The second-order valence-corrected chi connectivity index (χ2v) is 20.2. The third-order valence-electron chi connectivity index (χ3n) is 13.4. The predicted octanol–water partition coefficient (Wildman–Crippen LogP) is 3.93. The van der Waals surface area contributed by atoms with E-state index in [9.17, 15) is 42.6 Å². The van der Waals surface area contributed by atoms with Gasteiger partial charge >= 0.3 is 6.18 Å². The number of carbonyl (C=O) groups excluding carboxylic acids is 4.